The molecule has 0 spiro atoms. The zero-order valence-electron chi connectivity index (χ0n) is 8.56. The molecule has 0 atom stereocenters. The van der Waals surface area contributed by atoms with Gasteiger partial charge in [0.15, 0.2) is 0 Å². The number of nitrogens with zero attached hydrogens (tertiary/aromatic N) is 2. The van der Waals surface area contributed by atoms with E-state index in [4.69, 9.17) is 5.11 Å². The number of fused-ring (bicyclic) bond motifs is 1. The monoisotopic (exact) mass is 222 g/mol. The minimum Gasteiger partial charge on any atom is -0.396 e. The van der Waals surface area contributed by atoms with Crippen molar-refractivity contribution in [1.82, 2.24) is 9.55 Å². The standard InChI is InChI=1S/C11H11FN2O2/c12-8-2-3-9-10(6-8)13-7-14(11(9)16)4-1-5-15/h2-3,6-7,15H,1,4-5H2. The molecule has 0 amide bonds. The molecule has 0 aliphatic carbocycles. The highest BCUT2D eigenvalue weighted by atomic mass is 19.1. The van der Waals surface area contributed by atoms with Gasteiger partial charge in [-0.1, -0.05) is 0 Å². The largest absolute Gasteiger partial charge is 0.396 e. The second-order valence-electron chi connectivity index (χ2n) is 3.48. The third-order valence-electron chi connectivity index (χ3n) is 2.34. The van der Waals surface area contributed by atoms with Crippen LogP contribution in [0.5, 0.6) is 0 Å². The molecule has 4 nitrogen and oxygen atoms in total. The predicted octanol–water partition coefficient (Wildman–Crippen LogP) is 0.918. The number of benzene rings is 1. The van der Waals surface area contributed by atoms with Gasteiger partial charge in [-0.15, -0.1) is 0 Å². The Kier molecular flexibility index (Phi) is 2.96. The summed E-state index contributed by atoms with van der Waals surface area (Å²) in [5, 5.41) is 9.07. The Morgan fingerprint density at radius 3 is 3.00 bits per heavy atom. The summed E-state index contributed by atoms with van der Waals surface area (Å²) in [5.74, 6) is -0.410. The van der Waals surface area contributed by atoms with Crippen LogP contribution in [-0.2, 0) is 6.54 Å². The molecule has 16 heavy (non-hydrogen) atoms. The molecule has 0 aliphatic rings. The molecule has 0 unspecified atom stereocenters. The second kappa shape index (κ2) is 4.40. The summed E-state index contributed by atoms with van der Waals surface area (Å²) in [6.07, 6.45) is 1.87. The van der Waals surface area contributed by atoms with E-state index in [1.54, 1.807) is 0 Å². The van der Waals surface area contributed by atoms with E-state index in [9.17, 15) is 9.18 Å². The van der Waals surface area contributed by atoms with Gasteiger partial charge in [-0.3, -0.25) is 9.36 Å². The summed E-state index contributed by atoms with van der Waals surface area (Å²) in [6.45, 7) is 0.434. The summed E-state index contributed by atoms with van der Waals surface area (Å²) in [4.78, 5) is 15.9. The third-order valence-corrected chi connectivity index (χ3v) is 2.34. The second-order valence-corrected chi connectivity index (χ2v) is 3.48. The van der Waals surface area contributed by atoms with Gasteiger partial charge in [-0.2, -0.15) is 0 Å². The minimum absolute atomic E-state index is 0.0217. The van der Waals surface area contributed by atoms with Crippen LogP contribution < -0.4 is 5.56 Å². The number of rotatable bonds is 3. The van der Waals surface area contributed by atoms with Crippen LogP contribution in [0.2, 0.25) is 0 Å². The van der Waals surface area contributed by atoms with Crippen LogP contribution in [0.15, 0.2) is 29.3 Å². The van der Waals surface area contributed by atoms with E-state index >= 15 is 0 Å². The zero-order chi connectivity index (χ0) is 11.5. The fourth-order valence-corrected chi connectivity index (χ4v) is 1.53. The Bertz CT molecular complexity index is 565. The normalized spacial score (nSPS) is 10.9. The Hall–Kier alpha value is -1.75. The van der Waals surface area contributed by atoms with E-state index in [2.05, 4.69) is 4.98 Å². The lowest BCUT2D eigenvalue weighted by atomic mass is 10.2. The van der Waals surface area contributed by atoms with Crippen molar-refractivity contribution in [2.45, 2.75) is 13.0 Å². The highest BCUT2D eigenvalue weighted by Gasteiger charge is 2.04. The Labute approximate surface area is 91.0 Å². The van der Waals surface area contributed by atoms with Gasteiger partial charge < -0.3 is 5.11 Å². The first kappa shape index (κ1) is 10.8. The highest BCUT2D eigenvalue weighted by Crippen LogP contribution is 2.08. The summed E-state index contributed by atoms with van der Waals surface area (Å²) in [7, 11) is 0. The smallest absolute Gasteiger partial charge is 0.261 e. The molecular formula is C11H11FN2O2. The van der Waals surface area contributed by atoms with Gasteiger partial charge in [-0.25, -0.2) is 9.37 Å². The number of aromatic nitrogens is 2. The average Bonchev–Trinajstić information content (AvgIpc) is 2.28. The number of aliphatic hydroxyl groups excluding tert-OH is 1. The minimum atomic E-state index is -0.410. The Balaban J connectivity index is 2.53. The lowest BCUT2D eigenvalue weighted by Crippen LogP contribution is -2.21. The maximum Gasteiger partial charge on any atom is 0.261 e. The van der Waals surface area contributed by atoms with Gasteiger partial charge in [0.25, 0.3) is 5.56 Å². The lowest BCUT2D eigenvalue weighted by molar-refractivity contribution is 0.279. The van der Waals surface area contributed by atoms with E-state index < -0.39 is 5.82 Å². The van der Waals surface area contributed by atoms with Crippen molar-refractivity contribution < 1.29 is 9.50 Å². The number of halogens is 1. The van der Waals surface area contributed by atoms with E-state index in [0.717, 1.165) is 0 Å². The van der Waals surface area contributed by atoms with Gasteiger partial charge in [-0.05, 0) is 18.6 Å². The van der Waals surface area contributed by atoms with Crippen LogP contribution in [0.1, 0.15) is 6.42 Å². The molecule has 5 heteroatoms. The Morgan fingerprint density at radius 1 is 1.44 bits per heavy atom. The van der Waals surface area contributed by atoms with Crippen LogP contribution in [0.4, 0.5) is 4.39 Å². The van der Waals surface area contributed by atoms with E-state index in [1.165, 1.54) is 29.1 Å². The van der Waals surface area contributed by atoms with Crippen molar-refractivity contribution in [3.05, 3.63) is 40.7 Å². The lowest BCUT2D eigenvalue weighted by Gasteiger charge is -2.04. The number of aryl methyl sites for hydroxylation is 1. The van der Waals surface area contributed by atoms with Crippen molar-refractivity contribution in [2.75, 3.05) is 6.61 Å². The van der Waals surface area contributed by atoms with E-state index in [0.29, 0.717) is 23.9 Å². The predicted molar refractivity (Wildman–Crippen MR) is 57.7 cm³/mol. The summed E-state index contributed by atoms with van der Waals surface area (Å²) in [6, 6.07) is 3.89. The van der Waals surface area contributed by atoms with Crippen molar-refractivity contribution in [3.8, 4) is 0 Å². The zero-order valence-corrected chi connectivity index (χ0v) is 8.56. The summed E-state index contributed by atoms with van der Waals surface area (Å²) in [5.41, 5.74) is 0.142. The van der Waals surface area contributed by atoms with Crippen LogP contribution in [-0.4, -0.2) is 21.3 Å². The summed E-state index contributed by atoms with van der Waals surface area (Å²) >= 11 is 0. The molecule has 2 aromatic rings. The number of hydrogen-bond acceptors (Lipinski definition) is 3. The van der Waals surface area contributed by atoms with Crippen LogP contribution in [0.25, 0.3) is 10.9 Å². The number of hydrogen-bond donors (Lipinski definition) is 1. The molecule has 1 aromatic heterocycles. The van der Waals surface area contributed by atoms with Crippen molar-refractivity contribution in [1.29, 1.82) is 0 Å². The van der Waals surface area contributed by atoms with E-state index in [1.807, 2.05) is 0 Å². The highest BCUT2D eigenvalue weighted by molar-refractivity contribution is 5.77. The van der Waals surface area contributed by atoms with Gasteiger partial charge in [0.05, 0.1) is 17.2 Å². The molecule has 0 aliphatic heterocycles. The van der Waals surface area contributed by atoms with E-state index in [-0.39, 0.29) is 12.2 Å². The first-order chi connectivity index (χ1) is 7.72. The molecule has 1 N–H and O–H groups in total. The molecular weight excluding hydrogens is 211 g/mol. The van der Waals surface area contributed by atoms with Crippen LogP contribution in [0.3, 0.4) is 0 Å². The molecule has 0 fully saturated rings. The molecule has 0 saturated carbocycles. The topological polar surface area (TPSA) is 55.1 Å². The fraction of sp³-hybridized carbons (Fsp3) is 0.273. The van der Waals surface area contributed by atoms with Crippen molar-refractivity contribution >= 4 is 10.9 Å². The first-order valence-corrected chi connectivity index (χ1v) is 4.98. The van der Waals surface area contributed by atoms with Gasteiger partial charge in [0, 0.05) is 19.2 Å². The molecule has 2 rings (SSSR count). The first-order valence-electron chi connectivity index (χ1n) is 4.98. The SMILES string of the molecule is O=c1c2ccc(F)cc2ncn1CCCO. The molecule has 0 bridgehead atoms. The van der Waals surface area contributed by atoms with Crippen LogP contribution in [0, 0.1) is 5.82 Å². The van der Waals surface area contributed by atoms with Gasteiger partial charge in [0.1, 0.15) is 5.82 Å². The Morgan fingerprint density at radius 2 is 2.25 bits per heavy atom. The average molecular weight is 222 g/mol. The number of aliphatic hydroxyl groups is 1. The molecule has 84 valence electrons. The quantitative estimate of drug-likeness (QED) is 0.840. The molecule has 0 radical (unpaired) electrons. The maximum absolute atomic E-state index is 12.9. The molecule has 1 aromatic carbocycles. The summed E-state index contributed by atoms with van der Waals surface area (Å²) < 4.78 is 14.3. The maximum atomic E-state index is 12.9. The van der Waals surface area contributed by atoms with Gasteiger partial charge >= 0.3 is 0 Å². The molecule has 1 heterocycles. The molecule has 0 saturated heterocycles. The van der Waals surface area contributed by atoms with Crippen LogP contribution >= 0.6 is 0 Å². The van der Waals surface area contributed by atoms with Crippen molar-refractivity contribution in [3.63, 3.8) is 0 Å². The fourth-order valence-electron chi connectivity index (χ4n) is 1.53. The third kappa shape index (κ3) is 1.94. The van der Waals surface area contributed by atoms with Gasteiger partial charge in [0.2, 0.25) is 0 Å². The van der Waals surface area contributed by atoms with Crippen molar-refractivity contribution in [2.24, 2.45) is 0 Å².